The van der Waals surface area contributed by atoms with Gasteiger partial charge in [-0.2, -0.15) is 15.4 Å². The van der Waals surface area contributed by atoms with Crippen molar-refractivity contribution in [1.29, 1.82) is 0 Å². The summed E-state index contributed by atoms with van der Waals surface area (Å²) in [6.07, 6.45) is 3.00. The van der Waals surface area contributed by atoms with Crippen molar-refractivity contribution in [3.63, 3.8) is 0 Å². The van der Waals surface area contributed by atoms with E-state index < -0.39 is 0 Å². The first-order valence-electron chi connectivity index (χ1n) is 7.30. The van der Waals surface area contributed by atoms with Crippen molar-refractivity contribution >= 4 is 5.69 Å². The molecule has 0 bridgehead atoms. The first kappa shape index (κ1) is 13.1. The third-order valence-corrected chi connectivity index (χ3v) is 3.83. The Labute approximate surface area is 119 Å². The Kier molecular flexibility index (Phi) is 3.97. The lowest BCUT2D eigenvalue weighted by molar-refractivity contribution is 0.258. The smallest absolute Gasteiger partial charge is 0.112 e. The van der Waals surface area contributed by atoms with Gasteiger partial charge in [-0.25, -0.2) is 0 Å². The highest BCUT2D eigenvalue weighted by Crippen LogP contribution is 2.23. The van der Waals surface area contributed by atoms with Crippen LogP contribution >= 0.6 is 0 Å². The number of rotatable bonds is 4. The summed E-state index contributed by atoms with van der Waals surface area (Å²) in [6.45, 7) is 7.97. The Hall–Kier alpha value is -1.88. The molecule has 1 saturated heterocycles. The molecule has 0 saturated carbocycles. The summed E-state index contributed by atoms with van der Waals surface area (Å²) in [4.78, 5) is 4.99. The fraction of sp³-hybridized carbons (Fsp3) is 0.467. The molecule has 5 nitrogen and oxygen atoms in total. The zero-order chi connectivity index (χ0) is 13.8. The van der Waals surface area contributed by atoms with Crippen molar-refractivity contribution < 1.29 is 0 Å². The quantitative estimate of drug-likeness (QED) is 0.924. The molecular weight excluding hydrogens is 250 g/mol. The number of hydrogen-bond donors (Lipinski definition) is 1. The number of nitrogens with zero attached hydrogens (tertiary/aromatic N) is 4. The second kappa shape index (κ2) is 6.05. The molecule has 106 valence electrons. The summed E-state index contributed by atoms with van der Waals surface area (Å²) in [6, 6.07) is 8.55. The molecule has 0 aliphatic carbocycles. The topological polar surface area (TPSA) is 48.0 Å². The number of benzene rings is 1. The minimum absolute atomic E-state index is 0.900. The van der Waals surface area contributed by atoms with Crippen LogP contribution in [0.15, 0.2) is 30.5 Å². The van der Waals surface area contributed by atoms with Crippen molar-refractivity contribution in [2.75, 3.05) is 37.6 Å². The summed E-state index contributed by atoms with van der Waals surface area (Å²) in [5, 5.41) is 10.7. The molecule has 1 fully saturated rings. The first-order chi connectivity index (χ1) is 9.86. The van der Waals surface area contributed by atoms with E-state index in [0.717, 1.165) is 37.4 Å². The van der Waals surface area contributed by atoms with Gasteiger partial charge in [0, 0.05) is 37.4 Å². The molecule has 1 aromatic heterocycles. The molecule has 1 aromatic carbocycles. The number of H-pyrrole nitrogens is 1. The number of aromatic nitrogens is 3. The van der Waals surface area contributed by atoms with Crippen LogP contribution in [0.2, 0.25) is 0 Å². The monoisotopic (exact) mass is 271 g/mol. The third-order valence-electron chi connectivity index (χ3n) is 3.83. The van der Waals surface area contributed by atoms with E-state index in [9.17, 15) is 0 Å². The van der Waals surface area contributed by atoms with Gasteiger partial charge >= 0.3 is 0 Å². The maximum absolute atomic E-state index is 4.15. The summed E-state index contributed by atoms with van der Waals surface area (Å²) in [5.74, 6) is 0. The Morgan fingerprint density at radius 3 is 2.75 bits per heavy atom. The van der Waals surface area contributed by atoms with E-state index in [2.05, 4.69) is 56.4 Å². The van der Waals surface area contributed by atoms with Crippen molar-refractivity contribution in [2.45, 2.75) is 13.3 Å². The highest BCUT2D eigenvalue weighted by atomic mass is 15.3. The third kappa shape index (κ3) is 2.82. The second-order valence-electron chi connectivity index (χ2n) is 5.23. The molecule has 0 atom stereocenters. The van der Waals surface area contributed by atoms with E-state index in [4.69, 9.17) is 0 Å². The average Bonchev–Trinajstić information content (AvgIpc) is 3.03. The Morgan fingerprint density at radius 1 is 1.20 bits per heavy atom. The minimum atomic E-state index is 0.900. The van der Waals surface area contributed by atoms with E-state index in [0.29, 0.717) is 0 Å². The van der Waals surface area contributed by atoms with Crippen molar-refractivity contribution in [1.82, 2.24) is 20.3 Å². The average molecular weight is 271 g/mol. The predicted molar refractivity (Wildman–Crippen MR) is 80.8 cm³/mol. The molecule has 0 spiro atoms. The van der Waals surface area contributed by atoms with Gasteiger partial charge in [-0.15, -0.1) is 0 Å². The number of piperazine rings is 1. The lowest BCUT2D eigenvalue weighted by Gasteiger charge is -2.36. The Balaban J connectivity index is 1.71. The van der Waals surface area contributed by atoms with E-state index in [1.165, 1.54) is 18.7 Å². The fourth-order valence-electron chi connectivity index (χ4n) is 2.75. The molecule has 1 N–H and O–H groups in total. The van der Waals surface area contributed by atoms with Gasteiger partial charge in [0.2, 0.25) is 0 Å². The van der Waals surface area contributed by atoms with Crippen LogP contribution in [0.1, 0.15) is 13.3 Å². The van der Waals surface area contributed by atoms with Crippen molar-refractivity contribution in [3.8, 4) is 11.3 Å². The Morgan fingerprint density at radius 2 is 2.05 bits per heavy atom. The van der Waals surface area contributed by atoms with E-state index in [1.807, 2.05) is 0 Å². The Bertz CT molecular complexity index is 529. The van der Waals surface area contributed by atoms with Crippen molar-refractivity contribution in [3.05, 3.63) is 30.5 Å². The SMILES string of the molecule is CCCN1CCN(c2cccc(-c3cn[nH]n3)c2)CC1. The van der Waals surface area contributed by atoms with Gasteiger partial charge in [0.25, 0.3) is 0 Å². The van der Waals surface area contributed by atoms with Gasteiger partial charge < -0.3 is 4.90 Å². The minimum Gasteiger partial charge on any atom is -0.369 e. The van der Waals surface area contributed by atoms with Crippen molar-refractivity contribution in [2.24, 2.45) is 0 Å². The van der Waals surface area contributed by atoms with Gasteiger partial charge in [0.15, 0.2) is 0 Å². The molecule has 0 radical (unpaired) electrons. The van der Waals surface area contributed by atoms with Crippen LogP contribution < -0.4 is 4.90 Å². The molecular formula is C15H21N5. The zero-order valence-corrected chi connectivity index (χ0v) is 11.9. The number of nitrogens with one attached hydrogen (secondary N) is 1. The molecule has 20 heavy (non-hydrogen) atoms. The largest absolute Gasteiger partial charge is 0.369 e. The highest BCUT2D eigenvalue weighted by Gasteiger charge is 2.16. The van der Waals surface area contributed by atoms with E-state index >= 15 is 0 Å². The normalized spacial score (nSPS) is 16.6. The van der Waals surface area contributed by atoms with E-state index in [1.54, 1.807) is 6.20 Å². The van der Waals surface area contributed by atoms with Crippen LogP contribution in [0.3, 0.4) is 0 Å². The van der Waals surface area contributed by atoms with Crippen LogP contribution in [0.4, 0.5) is 5.69 Å². The van der Waals surface area contributed by atoms with Gasteiger partial charge in [0.1, 0.15) is 5.69 Å². The molecule has 3 rings (SSSR count). The summed E-state index contributed by atoms with van der Waals surface area (Å²) in [7, 11) is 0. The summed E-state index contributed by atoms with van der Waals surface area (Å²) in [5.41, 5.74) is 3.30. The molecule has 0 unspecified atom stereocenters. The summed E-state index contributed by atoms with van der Waals surface area (Å²) >= 11 is 0. The lowest BCUT2D eigenvalue weighted by atomic mass is 10.1. The predicted octanol–water partition coefficient (Wildman–Crippen LogP) is 2.00. The fourth-order valence-corrected chi connectivity index (χ4v) is 2.75. The number of aromatic amines is 1. The molecule has 0 amide bonds. The molecule has 1 aliphatic rings. The zero-order valence-electron chi connectivity index (χ0n) is 11.9. The van der Waals surface area contributed by atoms with E-state index in [-0.39, 0.29) is 0 Å². The number of anilines is 1. The standard InChI is InChI=1S/C15H21N5/c1-2-6-19-7-9-20(10-8-19)14-5-3-4-13(11-14)15-12-16-18-17-15/h3-5,11-12H,2,6-10H2,1H3,(H,16,17,18). The summed E-state index contributed by atoms with van der Waals surface area (Å²) < 4.78 is 0. The van der Waals surface area contributed by atoms with Crippen LogP contribution in [0.25, 0.3) is 11.3 Å². The second-order valence-corrected chi connectivity index (χ2v) is 5.23. The van der Waals surface area contributed by atoms with Gasteiger partial charge in [0.05, 0.1) is 6.20 Å². The lowest BCUT2D eigenvalue weighted by Crippen LogP contribution is -2.46. The van der Waals surface area contributed by atoms with Gasteiger partial charge in [-0.3, -0.25) is 4.90 Å². The van der Waals surface area contributed by atoms with Gasteiger partial charge in [-0.1, -0.05) is 19.1 Å². The van der Waals surface area contributed by atoms with Crippen LogP contribution in [0, 0.1) is 0 Å². The number of hydrogen-bond acceptors (Lipinski definition) is 4. The van der Waals surface area contributed by atoms with Crippen LogP contribution in [-0.4, -0.2) is 53.0 Å². The van der Waals surface area contributed by atoms with Crippen LogP contribution in [0.5, 0.6) is 0 Å². The molecule has 2 heterocycles. The maximum atomic E-state index is 4.15. The molecule has 2 aromatic rings. The molecule has 5 heteroatoms. The highest BCUT2D eigenvalue weighted by molar-refractivity contribution is 5.64. The molecule has 1 aliphatic heterocycles. The maximum Gasteiger partial charge on any atom is 0.112 e. The van der Waals surface area contributed by atoms with Crippen LogP contribution in [-0.2, 0) is 0 Å². The van der Waals surface area contributed by atoms with Gasteiger partial charge in [-0.05, 0) is 25.1 Å². The first-order valence-corrected chi connectivity index (χ1v) is 7.30.